The molecule has 1 unspecified atom stereocenters. The Morgan fingerprint density at radius 2 is 1.90 bits per heavy atom. The van der Waals surface area contributed by atoms with E-state index >= 15 is 0 Å². The van der Waals surface area contributed by atoms with Crippen molar-refractivity contribution >= 4 is 24.0 Å². The molecule has 0 heterocycles. The van der Waals surface area contributed by atoms with Gasteiger partial charge >= 0.3 is 0 Å². The third-order valence-electron chi connectivity index (χ3n) is 1.13. The quantitative estimate of drug-likeness (QED) is 0.612. The molecule has 0 saturated heterocycles. The molecule has 0 bridgehead atoms. The van der Waals surface area contributed by atoms with Crippen LogP contribution in [0.4, 0.5) is 0 Å². The molecule has 0 rings (SSSR count). The zero-order chi connectivity index (χ0) is 7.44. The van der Waals surface area contributed by atoms with Crippen molar-refractivity contribution in [2.24, 2.45) is 5.73 Å². The summed E-state index contributed by atoms with van der Waals surface area (Å²) >= 11 is 0. The van der Waals surface area contributed by atoms with E-state index in [9.17, 15) is 9.59 Å². The predicted octanol–water partition coefficient (Wildman–Crippen LogP) is 0.304. The minimum atomic E-state index is -0.894. The number of ketones is 2. The molecule has 0 aliphatic carbocycles. The Hall–Kier alpha value is -0.410. The first-order valence-electron chi connectivity index (χ1n) is 2.88. The lowest BCUT2D eigenvalue weighted by atomic mass is 10.1. The van der Waals surface area contributed by atoms with E-state index in [0.717, 1.165) is 0 Å². The fraction of sp³-hybridized carbons (Fsp3) is 0.667. The topological polar surface area (TPSA) is 60.2 Å². The molecule has 0 radical (unpaired) electrons. The van der Waals surface area contributed by atoms with E-state index in [4.69, 9.17) is 5.73 Å². The monoisotopic (exact) mass is 165 g/mol. The Balaban J connectivity index is 0. The lowest BCUT2D eigenvalue weighted by molar-refractivity contribution is -0.127. The van der Waals surface area contributed by atoms with Crippen LogP contribution >= 0.6 is 12.4 Å². The van der Waals surface area contributed by atoms with Crippen LogP contribution in [0, 0.1) is 0 Å². The second kappa shape index (κ2) is 5.38. The molecular formula is C6H12ClNO2. The van der Waals surface area contributed by atoms with Crippen LogP contribution in [0.15, 0.2) is 0 Å². The number of hydrogen-bond acceptors (Lipinski definition) is 3. The van der Waals surface area contributed by atoms with Gasteiger partial charge in [-0.05, 0) is 6.92 Å². The summed E-state index contributed by atoms with van der Waals surface area (Å²) in [5, 5.41) is 0. The summed E-state index contributed by atoms with van der Waals surface area (Å²) in [7, 11) is 0. The van der Waals surface area contributed by atoms with Gasteiger partial charge in [0.2, 0.25) is 0 Å². The lowest BCUT2D eigenvalue weighted by Crippen LogP contribution is -2.36. The highest BCUT2D eigenvalue weighted by Crippen LogP contribution is 1.87. The van der Waals surface area contributed by atoms with Crippen LogP contribution in [-0.2, 0) is 9.59 Å². The second-order valence-corrected chi connectivity index (χ2v) is 1.91. The number of carbonyl (C=O) groups is 2. The van der Waals surface area contributed by atoms with Crippen molar-refractivity contribution in [3.05, 3.63) is 0 Å². The van der Waals surface area contributed by atoms with E-state index in [1.807, 2.05) is 0 Å². The van der Waals surface area contributed by atoms with Crippen molar-refractivity contribution in [2.75, 3.05) is 0 Å². The third-order valence-corrected chi connectivity index (χ3v) is 1.13. The normalized spacial score (nSPS) is 11.5. The third kappa shape index (κ3) is 3.58. The minimum Gasteiger partial charge on any atom is -0.315 e. The van der Waals surface area contributed by atoms with E-state index < -0.39 is 6.04 Å². The number of Topliss-reactive ketones (excluding diaryl/α,β-unsaturated/α-hetero) is 2. The van der Waals surface area contributed by atoms with E-state index in [0.29, 0.717) is 6.42 Å². The molecule has 0 fully saturated rings. The molecule has 0 saturated carbocycles. The first kappa shape index (κ1) is 12.3. The Labute approximate surface area is 66.4 Å². The highest BCUT2D eigenvalue weighted by atomic mass is 35.5. The molecule has 0 spiro atoms. The predicted molar refractivity (Wildman–Crippen MR) is 41.2 cm³/mol. The highest BCUT2D eigenvalue weighted by molar-refractivity contribution is 6.04. The van der Waals surface area contributed by atoms with Crippen LogP contribution in [0.3, 0.4) is 0 Å². The zero-order valence-corrected chi connectivity index (χ0v) is 6.90. The van der Waals surface area contributed by atoms with Crippen molar-refractivity contribution < 1.29 is 9.59 Å². The maximum atomic E-state index is 10.6. The van der Waals surface area contributed by atoms with Crippen molar-refractivity contribution in [3.8, 4) is 0 Å². The van der Waals surface area contributed by atoms with Crippen LogP contribution in [0.2, 0.25) is 0 Å². The Morgan fingerprint density at radius 3 is 2.00 bits per heavy atom. The van der Waals surface area contributed by atoms with E-state index in [1.54, 1.807) is 6.92 Å². The maximum absolute atomic E-state index is 10.6. The summed E-state index contributed by atoms with van der Waals surface area (Å²) < 4.78 is 0. The van der Waals surface area contributed by atoms with Gasteiger partial charge in [0.15, 0.2) is 11.6 Å². The highest BCUT2D eigenvalue weighted by Gasteiger charge is 2.14. The standard InChI is InChI=1S/C6H11NO2.ClH/c1-3-5(9)6(7)4(2)8;/h6H,3,7H2,1-2H3;1H. The average Bonchev–Trinajstić information content (AvgIpc) is 1.84. The molecule has 0 aliphatic rings. The first-order valence-corrected chi connectivity index (χ1v) is 2.88. The number of carbonyl (C=O) groups excluding carboxylic acids is 2. The molecule has 4 heteroatoms. The molecule has 0 aromatic carbocycles. The average molecular weight is 166 g/mol. The summed E-state index contributed by atoms with van der Waals surface area (Å²) in [5.74, 6) is -0.454. The van der Waals surface area contributed by atoms with E-state index in [1.165, 1.54) is 6.92 Å². The van der Waals surface area contributed by atoms with Crippen molar-refractivity contribution in [1.29, 1.82) is 0 Å². The lowest BCUT2D eigenvalue weighted by Gasteiger charge is -2.01. The fourth-order valence-electron chi connectivity index (χ4n) is 0.447. The molecule has 10 heavy (non-hydrogen) atoms. The summed E-state index contributed by atoms with van der Waals surface area (Å²) in [4.78, 5) is 21.0. The molecule has 0 aromatic rings. The van der Waals surface area contributed by atoms with Gasteiger partial charge in [0.1, 0.15) is 6.04 Å². The summed E-state index contributed by atoms with van der Waals surface area (Å²) in [6.07, 6.45) is 0.334. The minimum absolute atomic E-state index is 0. The molecule has 60 valence electrons. The molecular weight excluding hydrogens is 154 g/mol. The van der Waals surface area contributed by atoms with Crippen molar-refractivity contribution in [3.63, 3.8) is 0 Å². The summed E-state index contributed by atoms with van der Waals surface area (Å²) in [5.41, 5.74) is 5.17. The smallest absolute Gasteiger partial charge is 0.156 e. The molecule has 3 nitrogen and oxygen atoms in total. The van der Waals surface area contributed by atoms with Gasteiger partial charge in [-0.25, -0.2) is 0 Å². The van der Waals surface area contributed by atoms with Crippen LogP contribution in [0.5, 0.6) is 0 Å². The fourth-order valence-corrected chi connectivity index (χ4v) is 0.447. The molecule has 0 aromatic heterocycles. The van der Waals surface area contributed by atoms with Gasteiger partial charge in [0.05, 0.1) is 0 Å². The molecule has 2 N–H and O–H groups in total. The Kier molecular flexibility index (Phi) is 6.61. The summed E-state index contributed by atoms with van der Waals surface area (Å²) in [6.45, 7) is 3.00. The van der Waals surface area contributed by atoms with Gasteiger partial charge in [-0.15, -0.1) is 12.4 Å². The maximum Gasteiger partial charge on any atom is 0.156 e. The molecule has 1 atom stereocenters. The van der Waals surface area contributed by atoms with E-state index in [2.05, 4.69) is 0 Å². The van der Waals surface area contributed by atoms with Gasteiger partial charge in [-0.1, -0.05) is 6.92 Å². The summed E-state index contributed by atoms with van der Waals surface area (Å²) in [6, 6.07) is -0.894. The Bertz CT molecular complexity index is 136. The van der Waals surface area contributed by atoms with Gasteiger partial charge in [-0.3, -0.25) is 9.59 Å². The van der Waals surface area contributed by atoms with Crippen LogP contribution in [-0.4, -0.2) is 17.6 Å². The number of nitrogens with two attached hydrogens (primary N) is 1. The van der Waals surface area contributed by atoms with Crippen molar-refractivity contribution in [1.82, 2.24) is 0 Å². The van der Waals surface area contributed by atoms with Gasteiger partial charge in [0, 0.05) is 6.42 Å². The number of halogens is 1. The van der Waals surface area contributed by atoms with E-state index in [-0.39, 0.29) is 24.0 Å². The van der Waals surface area contributed by atoms with Crippen molar-refractivity contribution in [2.45, 2.75) is 26.3 Å². The largest absolute Gasteiger partial charge is 0.315 e. The van der Waals surface area contributed by atoms with Crippen LogP contribution in [0.1, 0.15) is 20.3 Å². The number of hydrogen-bond donors (Lipinski definition) is 1. The first-order chi connectivity index (χ1) is 4.09. The van der Waals surface area contributed by atoms with Crippen LogP contribution in [0.25, 0.3) is 0 Å². The van der Waals surface area contributed by atoms with Gasteiger partial charge in [-0.2, -0.15) is 0 Å². The second-order valence-electron chi connectivity index (χ2n) is 1.91. The van der Waals surface area contributed by atoms with Crippen LogP contribution < -0.4 is 5.73 Å². The van der Waals surface area contributed by atoms with Gasteiger partial charge < -0.3 is 5.73 Å². The van der Waals surface area contributed by atoms with Gasteiger partial charge in [0.25, 0.3) is 0 Å². The SMILES string of the molecule is CCC(=O)C(N)C(C)=O.Cl. The number of rotatable bonds is 3. The Morgan fingerprint density at radius 1 is 1.50 bits per heavy atom. The molecule has 0 aliphatic heterocycles. The molecule has 0 amide bonds. The zero-order valence-electron chi connectivity index (χ0n) is 6.09.